The predicted molar refractivity (Wildman–Crippen MR) is 117 cm³/mol. The third kappa shape index (κ3) is 5.35. The molecule has 2 amide bonds. The molecule has 0 unspecified atom stereocenters. The number of urea groups is 1. The second-order valence-corrected chi connectivity index (χ2v) is 7.45. The van der Waals surface area contributed by atoms with Crippen molar-refractivity contribution in [2.24, 2.45) is 7.05 Å². The number of aliphatic carboxylic acids is 1. The minimum absolute atomic E-state index is 0.0245. The monoisotopic (exact) mass is 457 g/mol. The van der Waals surface area contributed by atoms with Crippen molar-refractivity contribution in [1.29, 1.82) is 0 Å². The van der Waals surface area contributed by atoms with E-state index in [1.165, 1.54) is 42.1 Å². The van der Waals surface area contributed by atoms with Gasteiger partial charge in [-0.3, -0.25) is 9.59 Å². The fourth-order valence-electron chi connectivity index (χ4n) is 3.37. The number of aromatic hydroxyl groups is 1. The lowest BCUT2D eigenvalue weighted by Gasteiger charge is -2.19. The van der Waals surface area contributed by atoms with Gasteiger partial charge in [0.15, 0.2) is 5.69 Å². The van der Waals surface area contributed by atoms with Crippen LogP contribution in [0.2, 0.25) is 0 Å². The molecule has 1 heterocycles. The second-order valence-electron chi connectivity index (χ2n) is 7.45. The van der Waals surface area contributed by atoms with E-state index in [0.717, 1.165) is 18.2 Å². The Labute approximate surface area is 187 Å². The summed E-state index contributed by atoms with van der Waals surface area (Å²) >= 11 is 0. The van der Waals surface area contributed by atoms with Crippen LogP contribution in [0, 0.1) is 18.6 Å². The lowest BCUT2D eigenvalue weighted by molar-refractivity contribution is -0.137. The van der Waals surface area contributed by atoms with Gasteiger partial charge < -0.3 is 25.4 Å². The molecule has 33 heavy (non-hydrogen) atoms. The number of carbonyl (C=O) groups is 2. The Morgan fingerprint density at radius 2 is 1.88 bits per heavy atom. The van der Waals surface area contributed by atoms with Crippen LogP contribution in [0.5, 0.6) is 5.75 Å². The highest BCUT2D eigenvalue weighted by molar-refractivity contribution is 5.91. The van der Waals surface area contributed by atoms with Crippen molar-refractivity contribution in [3.05, 3.63) is 81.8 Å². The molecule has 1 atom stereocenters. The topological polar surface area (TPSA) is 121 Å². The molecule has 2 aromatic carbocycles. The first-order valence-electron chi connectivity index (χ1n) is 9.80. The molecular weight excluding hydrogens is 436 g/mol. The Hall–Kier alpha value is -4.21. The van der Waals surface area contributed by atoms with Gasteiger partial charge in [-0.25, -0.2) is 13.6 Å². The molecular formula is C23H21F2N3O5. The van der Waals surface area contributed by atoms with Crippen molar-refractivity contribution in [2.75, 3.05) is 5.32 Å². The summed E-state index contributed by atoms with van der Waals surface area (Å²) in [6.07, 6.45) is 0.866. The molecule has 10 heteroatoms. The third-order valence-electron chi connectivity index (χ3n) is 4.98. The van der Waals surface area contributed by atoms with Gasteiger partial charge in [-0.05, 0) is 42.3 Å². The maximum atomic E-state index is 14.2. The van der Waals surface area contributed by atoms with Crippen molar-refractivity contribution < 1.29 is 28.6 Å². The highest BCUT2D eigenvalue weighted by Gasteiger charge is 2.21. The van der Waals surface area contributed by atoms with Crippen molar-refractivity contribution in [3.63, 3.8) is 0 Å². The van der Waals surface area contributed by atoms with Crippen LogP contribution in [0.15, 0.2) is 53.5 Å². The smallest absolute Gasteiger partial charge is 0.319 e. The summed E-state index contributed by atoms with van der Waals surface area (Å²) in [5.41, 5.74) is -0.100. The van der Waals surface area contributed by atoms with Gasteiger partial charge in [-0.2, -0.15) is 0 Å². The molecule has 8 nitrogen and oxygen atoms in total. The van der Waals surface area contributed by atoms with Crippen molar-refractivity contribution in [1.82, 2.24) is 9.88 Å². The van der Waals surface area contributed by atoms with E-state index < -0.39 is 47.4 Å². The van der Waals surface area contributed by atoms with Crippen molar-refractivity contribution >= 4 is 17.7 Å². The zero-order valence-electron chi connectivity index (χ0n) is 17.7. The third-order valence-corrected chi connectivity index (χ3v) is 4.98. The number of rotatable bonds is 6. The molecule has 0 radical (unpaired) electrons. The number of amides is 2. The number of carbonyl (C=O) groups excluding carboxylic acids is 1. The molecule has 1 aromatic heterocycles. The first-order chi connectivity index (χ1) is 15.6. The van der Waals surface area contributed by atoms with Crippen LogP contribution >= 0.6 is 0 Å². The van der Waals surface area contributed by atoms with Crippen LogP contribution in [0.3, 0.4) is 0 Å². The number of hydrogen-bond acceptors (Lipinski definition) is 4. The molecule has 3 rings (SSSR count). The summed E-state index contributed by atoms with van der Waals surface area (Å²) in [4.78, 5) is 36.2. The Morgan fingerprint density at radius 1 is 1.15 bits per heavy atom. The molecule has 0 saturated heterocycles. The highest BCUT2D eigenvalue weighted by Crippen LogP contribution is 2.28. The molecule has 0 aliphatic heterocycles. The Kier molecular flexibility index (Phi) is 6.76. The summed E-state index contributed by atoms with van der Waals surface area (Å²) in [7, 11) is 1.45. The van der Waals surface area contributed by atoms with Gasteiger partial charge in [0.2, 0.25) is 0 Å². The minimum Gasteiger partial charge on any atom is -0.505 e. The molecule has 172 valence electrons. The number of hydrogen-bond donors (Lipinski definition) is 4. The molecule has 3 aromatic rings. The summed E-state index contributed by atoms with van der Waals surface area (Å²) in [5, 5.41) is 24.2. The summed E-state index contributed by atoms with van der Waals surface area (Å²) in [6, 6.07) is 6.97. The number of aromatic nitrogens is 1. The largest absolute Gasteiger partial charge is 0.505 e. The van der Waals surface area contributed by atoms with E-state index in [0.29, 0.717) is 11.1 Å². The van der Waals surface area contributed by atoms with Crippen LogP contribution in [-0.2, 0) is 11.8 Å². The van der Waals surface area contributed by atoms with Crippen molar-refractivity contribution in [2.45, 2.75) is 19.4 Å². The van der Waals surface area contributed by atoms with Gasteiger partial charge in [0.05, 0.1) is 12.5 Å². The van der Waals surface area contributed by atoms with E-state index in [9.17, 15) is 33.4 Å². The molecule has 0 aliphatic carbocycles. The first-order valence-corrected chi connectivity index (χ1v) is 9.80. The van der Waals surface area contributed by atoms with Crippen LogP contribution in [0.25, 0.3) is 11.1 Å². The van der Waals surface area contributed by atoms with Gasteiger partial charge in [0.1, 0.15) is 17.4 Å². The molecule has 0 fully saturated rings. The van der Waals surface area contributed by atoms with E-state index in [-0.39, 0.29) is 16.8 Å². The number of nitrogens with one attached hydrogen (secondary N) is 2. The van der Waals surface area contributed by atoms with Crippen LogP contribution in [-0.4, -0.2) is 26.8 Å². The maximum absolute atomic E-state index is 14.2. The van der Waals surface area contributed by atoms with Crippen LogP contribution in [0.1, 0.15) is 23.6 Å². The molecule has 0 aliphatic rings. The first kappa shape index (κ1) is 23.5. The molecule has 0 bridgehead atoms. The summed E-state index contributed by atoms with van der Waals surface area (Å²) in [5.74, 6) is -2.95. The van der Waals surface area contributed by atoms with E-state index in [2.05, 4.69) is 10.6 Å². The standard InChI is InChI=1S/C23H21F2N3O5/c1-12-11-28(2)22(32)20(21(12)31)27-23(33)26-18(10-19(29)30)14-5-3-4-13(8-14)16-9-15(24)6-7-17(16)25/h3-9,11,18,31H,10H2,1-2H3,(H,29,30)(H2,26,27,33)/t18-/m0/s1. The number of halogens is 2. The number of aryl methyl sites for hydroxylation is 2. The van der Waals surface area contributed by atoms with E-state index in [1.54, 1.807) is 6.92 Å². The summed E-state index contributed by atoms with van der Waals surface area (Å²) in [6.45, 7) is 1.54. The van der Waals surface area contributed by atoms with E-state index in [1.807, 2.05) is 0 Å². The van der Waals surface area contributed by atoms with Crippen molar-refractivity contribution in [3.8, 4) is 16.9 Å². The maximum Gasteiger partial charge on any atom is 0.319 e. The number of anilines is 1. The van der Waals surface area contributed by atoms with Crippen LogP contribution in [0.4, 0.5) is 19.3 Å². The molecule has 0 saturated carbocycles. The number of pyridine rings is 1. The van der Waals surface area contributed by atoms with Crippen LogP contribution < -0.4 is 16.2 Å². The highest BCUT2D eigenvalue weighted by atomic mass is 19.1. The van der Waals surface area contributed by atoms with Gasteiger partial charge in [0.25, 0.3) is 5.56 Å². The fourth-order valence-corrected chi connectivity index (χ4v) is 3.37. The number of carboxylic acids is 1. The number of carboxylic acid groups (broad SMARTS) is 1. The SMILES string of the molecule is Cc1cn(C)c(=O)c(NC(=O)N[C@@H](CC(=O)O)c2cccc(-c3cc(F)ccc3F)c2)c1O. The van der Waals surface area contributed by atoms with E-state index >= 15 is 0 Å². The lowest BCUT2D eigenvalue weighted by atomic mass is 9.97. The average Bonchev–Trinajstić information content (AvgIpc) is 2.76. The molecule has 0 spiro atoms. The normalized spacial score (nSPS) is 11.6. The Bertz CT molecular complexity index is 1290. The predicted octanol–water partition coefficient (Wildman–Crippen LogP) is 3.68. The second kappa shape index (κ2) is 9.51. The minimum atomic E-state index is -1.23. The number of benzene rings is 2. The van der Waals surface area contributed by atoms with Gasteiger partial charge in [-0.15, -0.1) is 0 Å². The Morgan fingerprint density at radius 3 is 2.58 bits per heavy atom. The van der Waals surface area contributed by atoms with Gasteiger partial charge >= 0.3 is 12.0 Å². The van der Waals surface area contributed by atoms with E-state index in [4.69, 9.17) is 0 Å². The average molecular weight is 457 g/mol. The zero-order chi connectivity index (χ0) is 24.3. The lowest BCUT2D eigenvalue weighted by Crippen LogP contribution is -2.36. The quantitative estimate of drug-likeness (QED) is 0.450. The fraction of sp³-hybridized carbons (Fsp3) is 0.174. The molecule has 4 N–H and O–H groups in total. The zero-order valence-corrected chi connectivity index (χ0v) is 17.7. The van der Waals surface area contributed by atoms with Gasteiger partial charge in [-0.1, -0.05) is 18.2 Å². The summed E-state index contributed by atoms with van der Waals surface area (Å²) < 4.78 is 29.0. The van der Waals surface area contributed by atoms with Gasteiger partial charge in [0, 0.05) is 24.4 Å². The Balaban J connectivity index is 1.91. The number of nitrogens with zero attached hydrogens (tertiary/aromatic N) is 1.